The van der Waals surface area contributed by atoms with Crippen molar-refractivity contribution in [1.82, 2.24) is 4.90 Å². The average Bonchev–Trinajstić information content (AvgIpc) is 3.40. The van der Waals surface area contributed by atoms with Crippen LogP contribution in [-0.2, 0) is 14.4 Å². The molecule has 1 aromatic rings. The quantitative estimate of drug-likeness (QED) is 0.889. The van der Waals surface area contributed by atoms with E-state index < -0.39 is 0 Å². The van der Waals surface area contributed by atoms with Crippen molar-refractivity contribution < 1.29 is 14.4 Å². The molecule has 24 heavy (non-hydrogen) atoms. The number of nitrogens with zero attached hydrogens (tertiary/aromatic N) is 1. The lowest BCUT2D eigenvalue weighted by molar-refractivity contribution is -0.135. The Balaban J connectivity index is 1.48. The van der Waals surface area contributed by atoms with E-state index in [-0.39, 0.29) is 29.6 Å². The molecule has 2 N–H and O–H groups in total. The van der Waals surface area contributed by atoms with E-state index in [0.717, 1.165) is 12.8 Å². The summed E-state index contributed by atoms with van der Waals surface area (Å²) in [6, 6.07) is 7.06. The Bertz CT molecular complexity index is 629. The lowest BCUT2D eigenvalue weighted by Gasteiger charge is -2.31. The second kappa shape index (κ2) is 7.03. The van der Waals surface area contributed by atoms with E-state index in [0.29, 0.717) is 37.3 Å². The molecule has 0 unspecified atom stereocenters. The van der Waals surface area contributed by atoms with Crippen LogP contribution >= 0.6 is 0 Å². The van der Waals surface area contributed by atoms with Crippen LogP contribution in [0.15, 0.2) is 24.3 Å². The first kappa shape index (κ1) is 16.5. The summed E-state index contributed by atoms with van der Waals surface area (Å²) in [6.07, 6.45) is 3.48. The average molecular weight is 329 g/mol. The largest absolute Gasteiger partial charge is 0.342 e. The van der Waals surface area contributed by atoms with Crippen molar-refractivity contribution in [2.75, 3.05) is 23.7 Å². The van der Waals surface area contributed by atoms with E-state index in [9.17, 15) is 14.4 Å². The lowest BCUT2D eigenvalue weighted by atomic mass is 9.95. The summed E-state index contributed by atoms with van der Waals surface area (Å²) in [5, 5.41) is 5.61. The molecule has 1 saturated carbocycles. The van der Waals surface area contributed by atoms with Gasteiger partial charge >= 0.3 is 0 Å². The first-order valence-corrected chi connectivity index (χ1v) is 8.50. The summed E-state index contributed by atoms with van der Waals surface area (Å²) < 4.78 is 0. The maximum absolute atomic E-state index is 12.4. The minimum absolute atomic E-state index is 0.000739. The Kier molecular flexibility index (Phi) is 4.83. The van der Waals surface area contributed by atoms with E-state index in [2.05, 4.69) is 10.6 Å². The van der Waals surface area contributed by atoms with Crippen molar-refractivity contribution in [2.24, 2.45) is 11.8 Å². The van der Waals surface area contributed by atoms with Crippen LogP contribution < -0.4 is 10.6 Å². The molecule has 0 aromatic heterocycles. The van der Waals surface area contributed by atoms with Crippen molar-refractivity contribution in [3.05, 3.63) is 24.3 Å². The molecule has 1 aliphatic carbocycles. The van der Waals surface area contributed by atoms with Crippen molar-refractivity contribution in [3.63, 3.8) is 0 Å². The van der Waals surface area contributed by atoms with Crippen molar-refractivity contribution in [3.8, 4) is 0 Å². The van der Waals surface area contributed by atoms with Gasteiger partial charge in [-0.15, -0.1) is 0 Å². The fourth-order valence-corrected chi connectivity index (χ4v) is 3.04. The van der Waals surface area contributed by atoms with E-state index in [4.69, 9.17) is 0 Å². The van der Waals surface area contributed by atoms with Crippen molar-refractivity contribution in [1.29, 1.82) is 0 Å². The van der Waals surface area contributed by atoms with Gasteiger partial charge < -0.3 is 15.5 Å². The zero-order valence-corrected chi connectivity index (χ0v) is 13.9. The zero-order chi connectivity index (χ0) is 17.1. The fourth-order valence-electron chi connectivity index (χ4n) is 3.04. The maximum Gasteiger partial charge on any atom is 0.227 e. The number of carbonyl (C=O) groups excluding carboxylic acids is 3. The molecule has 2 fully saturated rings. The monoisotopic (exact) mass is 329 g/mol. The van der Waals surface area contributed by atoms with Crippen LogP contribution in [-0.4, -0.2) is 35.7 Å². The lowest BCUT2D eigenvalue weighted by Crippen LogP contribution is -2.42. The number of anilines is 2. The topological polar surface area (TPSA) is 78.5 Å². The smallest absolute Gasteiger partial charge is 0.227 e. The molecule has 1 aromatic carbocycles. The predicted octanol–water partition coefficient (Wildman–Crippen LogP) is 2.23. The molecule has 1 aliphatic heterocycles. The minimum Gasteiger partial charge on any atom is -0.342 e. The van der Waals surface area contributed by atoms with Crippen LogP contribution in [0.3, 0.4) is 0 Å². The Morgan fingerprint density at radius 1 is 0.875 bits per heavy atom. The third-order valence-electron chi connectivity index (χ3n) is 4.58. The van der Waals surface area contributed by atoms with Gasteiger partial charge in [0.15, 0.2) is 0 Å². The van der Waals surface area contributed by atoms with Gasteiger partial charge in [-0.3, -0.25) is 14.4 Å². The number of rotatable bonds is 4. The van der Waals surface area contributed by atoms with Gasteiger partial charge in [0, 0.05) is 43.2 Å². The summed E-state index contributed by atoms with van der Waals surface area (Å²) in [4.78, 5) is 37.3. The van der Waals surface area contributed by atoms with Gasteiger partial charge in [0.1, 0.15) is 0 Å². The molecular formula is C18H23N3O3. The Morgan fingerprint density at radius 3 is 1.92 bits per heavy atom. The highest BCUT2D eigenvalue weighted by Gasteiger charge is 2.35. The van der Waals surface area contributed by atoms with Gasteiger partial charge in [-0.1, -0.05) is 0 Å². The molecule has 0 spiro atoms. The molecule has 3 rings (SSSR count). The molecule has 1 heterocycles. The summed E-state index contributed by atoms with van der Waals surface area (Å²) in [6.45, 7) is 2.81. The van der Waals surface area contributed by atoms with E-state index in [1.807, 2.05) is 4.90 Å². The molecule has 1 saturated heterocycles. The number of nitrogens with one attached hydrogen (secondary N) is 2. The SMILES string of the molecule is CC(=O)Nc1ccc(NC(=O)C2CCN(C(=O)C3CC3)CC2)cc1. The third-order valence-corrected chi connectivity index (χ3v) is 4.58. The number of piperidine rings is 1. The number of amides is 3. The molecule has 3 amide bonds. The standard InChI is InChI=1S/C18H23N3O3/c1-12(22)19-15-4-6-16(7-5-15)20-17(23)13-8-10-21(11-9-13)18(24)14-2-3-14/h4-7,13-14H,2-3,8-11H2,1H3,(H,19,22)(H,20,23). The first-order chi connectivity index (χ1) is 11.5. The fraction of sp³-hybridized carbons (Fsp3) is 0.500. The molecule has 0 bridgehead atoms. The van der Waals surface area contributed by atoms with Gasteiger partial charge in [0.05, 0.1) is 0 Å². The highest BCUT2D eigenvalue weighted by Crippen LogP contribution is 2.32. The Hall–Kier alpha value is -2.37. The highest BCUT2D eigenvalue weighted by atomic mass is 16.2. The molecule has 128 valence electrons. The summed E-state index contributed by atoms with van der Waals surface area (Å²) in [7, 11) is 0. The van der Waals surface area contributed by atoms with Gasteiger partial charge in [-0.2, -0.15) is 0 Å². The highest BCUT2D eigenvalue weighted by molar-refractivity contribution is 5.93. The first-order valence-electron chi connectivity index (χ1n) is 8.50. The second-order valence-electron chi connectivity index (χ2n) is 6.62. The minimum atomic E-state index is -0.126. The molecule has 2 aliphatic rings. The van der Waals surface area contributed by atoms with Crippen LogP contribution in [0, 0.1) is 11.8 Å². The van der Waals surface area contributed by atoms with E-state index in [1.54, 1.807) is 24.3 Å². The number of hydrogen-bond donors (Lipinski definition) is 2. The molecule has 0 atom stereocenters. The predicted molar refractivity (Wildman–Crippen MR) is 91.4 cm³/mol. The number of benzene rings is 1. The van der Waals surface area contributed by atoms with Crippen molar-refractivity contribution >= 4 is 29.1 Å². The van der Waals surface area contributed by atoms with Crippen molar-refractivity contribution in [2.45, 2.75) is 32.6 Å². The number of likely N-dealkylation sites (tertiary alicyclic amines) is 1. The molecular weight excluding hydrogens is 306 g/mol. The molecule has 6 nitrogen and oxygen atoms in total. The van der Waals surface area contributed by atoms with Gasteiger partial charge in [-0.05, 0) is 49.9 Å². The maximum atomic E-state index is 12.4. The summed E-state index contributed by atoms with van der Waals surface area (Å²) in [5.41, 5.74) is 1.41. The molecule has 0 radical (unpaired) electrons. The van der Waals surface area contributed by atoms with Crippen LogP contribution in [0.25, 0.3) is 0 Å². The third kappa shape index (κ3) is 4.13. The Labute approximate surface area is 141 Å². The Morgan fingerprint density at radius 2 is 1.42 bits per heavy atom. The summed E-state index contributed by atoms with van der Waals surface area (Å²) in [5.74, 6) is 0.336. The van der Waals surface area contributed by atoms with Crippen LogP contribution in [0.4, 0.5) is 11.4 Å². The normalized spacial score (nSPS) is 18.1. The molecule has 6 heteroatoms. The van der Waals surface area contributed by atoms with E-state index in [1.165, 1.54) is 6.92 Å². The second-order valence-corrected chi connectivity index (χ2v) is 6.62. The van der Waals surface area contributed by atoms with Crippen LogP contribution in [0.1, 0.15) is 32.6 Å². The van der Waals surface area contributed by atoms with Gasteiger partial charge in [0.25, 0.3) is 0 Å². The van der Waals surface area contributed by atoms with Crippen LogP contribution in [0.2, 0.25) is 0 Å². The zero-order valence-electron chi connectivity index (χ0n) is 13.9. The number of carbonyl (C=O) groups is 3. The van der Waals surface area contributed by atoms with Gasteiger partial charge in [-0.25, -0.2) is 0 Å². The van der Waals surface area contributed by atoms with Crippen LogP contribution in [0.5, 0.6) is 0 Å². The van der Waals surface area contributed by atoms with Gasteiger partial charge in [0.2, 0.25) is 17.7 Å². The number of hydrogen-bond acceptors (Lipinski definition) is 3. The summed E-state index contributed by atoms with van der Waals surface area (Å²) >= 11 is 0. The van der Waals surface area contributed by atoms with E-state index >= 15 is 0 Å².